The number of ether oxygens (including phenoxy) is 3. The minimum atomic E-state index is -0.603. The second-order valence-electron chi connectivity index (χ2n) is 8.39. The van der Waals surface area contributed by atoms with Gasteiger partial charge in [-0.1, -0.05) is 11.3 Å². The predicted molar refractivity (Wildman–Crippen MR) is 139 cm³/mol. The number of fused-ring (bicyclic) bond motifs is 1. The number of rotatable bonds is 8. The van der Waals surface area contributed by atoms with Crippen molar-refractivity contribution in [3.63, 3.8) is 0 Å². The number of carbonyl (C=O) groups excluding carboxylic acids is 1. The molecular formula is C25H24FN7O4S. The first kappa shape index (κ1) is 25.4. The number of amides is 1. The fraction of sp³-hybridized carbons (Fsp3) is 0.280. The van der Waals surface area contributed by atoms with E-state index in [-0.39, 0.29) is 17.9 Å². The minimum absolute atomic E-state index is 0.138. The van der Waals surface area contributed by atoms with E-state index in [1.807, 2.05) is 0 Å². The third kappa shape index (κ3) is 5.67. The topological polar surface area (TPSA) is 126 Å². The zero-order valence-electron chi connectivity index (χ0n) is 20.4. The first-order chi connectivity index (χ1) is 18.5. The van der Waals surface area contributed by atoms with Gasteiger partial charge in [-0.3, -0.25) is 10.2 Å². The van der Waals surface area contributed by atoms with E-state index in [0.29, 0.717) is 53.2 Å². The van der Waals surface area contributed by atoms with Crippen LogP contribution in [0, 0.1) is 24.1 Å². The highest BCUT2D eigenvalue weighted by atomic mass is 32.1. The Morgan fingerprint density at radius 3 is 2.89 bits per heavy atom. The zero-order chi connectivity index (χ0) is 26.5. The van der Waals surface area contributed by atoms with Crippen LogP contribution in [0.3, 0.4) is 0 Å². The highest BCUT2D eigenvalue weighted by Gasteiger charge is 2.19. The lowest BCUT2D eigenvalue weighted by molar-refractivity contribution is 0.0290. The van der Waals surface area contributed by atoms with Crippen LogP contribution in [0.5, 0.6) is 10.9 Å². The van der Waals surface area contributed by atoms with Crippen molar-refractivity contribution >= 4 is 40.0 Å². The van der Waals surface area contributed by atoms with Crippen molar-refractivity contribution in [2.24, 2.45) is 0 Å². The van der Waals surface area contributed by atoms with Crippen LogP contribution in [0.4, 0.5) is 26.2 Å². The molecule has 38 heavy (non-hydrogen) atoms. The molecule has 0 saturated carbocycles. The quantitative estimate of drug-likeness (QED) is 0.333. The molecule has 5 rings (SSSR count). The van der Waals surface area contributed by atoms with E-state index in [4.69, 9.17) is 14.2 Å². The van der Waals surface area contributed by atoms with Crippen LogP contribution in [0.15, 0.2) is 42.2 Å². The maximum absolute atomic E-state index is 15.0. The maximum Gasteiger partial charge on any atom is 0.411 e. The summed E-state index contributed by atoms with van der Waals surface area (Å²) in [6, 6.07) is 6.43. The van der Waals surface area contributed by atoms with Crippen LogP contribution in [-0.2, 0) is 9.47 Å². The summed E-state index contributed by atoms with van der Waals surface area (Å²) in [5.41, 5.74) is 2.29. The van der Waals surface area contributed by atoms with Gasteiger partial charge in [-0.15, -0.1) is 0 Å². The number of thiazole rings is 1. The summed E-state index contributed by atoms with van der Waals surface area (Å²) in [5, 5.41) is 21.9. The third-order valence-electron chi connectivity index (χ3n) is 5.97. The summed E-state index contributed by atoms with van der Waals surface area (Å²) in [5.74, 6) is -0.287. The Bertz CT molecular complexity index is 1480. The van der Waals surface area contributed by atoms with Crippen molar-refractivity contribution in [2.75, 3.05) is 50.1 Å². The number of aryl methyl sites for hydroxylation is 1. The summed E-state index contributed by atoms with van der Waals surface area (Å²) >= 11 is 1.29. The van der Waals surface area contributed by atoms with Crippen LogP contribution >= 0.6 is 11.3 Å². The van der Waals surface area contributed by atoms with Crippen molar-refractivity contribution in [1.29, 1.82) is 5.26 Å². The second kappa shape index (κ2) is 11.4. The lowest BCUT2D eigenvalue weighted by atomic mass is 10.1. The molecule has 1 amide bonds. The van der Waals surface area contributed by atoms with E-state index in [9.17, 15) is 14.4 Å². The number of carbonyl (C=O) groups is 1. The molecule has 4 heterocycles. The molecule has 2 N–H and O–H groups in total. The molecule has 13 heteroatoms. The van der Waals surface area contributed by atoms with Gasteiger partial charge in [-0.25, -0.2) is 18.7 Å². The van der Waals surface area contributed by atoms with Gasteiger partial charge in [0.15, 0.2) is 0 Å². The van der Waals surface area contributed by atoms with E-state index >= 15 is 0 Å². The molecule has 1 saturated heterocycles. The number of nitrogens with one attached hydrogen (secondary N) is 2. The SMILES string of the molecule is Cc1c(NC(=O)OCCN2CCOCC2)cn2ncc(C#N)c(Nc3ccc(Oc4nccs4)cc3F)c12. The van der Waals surface area contributed by atoms with E-state index in [2.05, 4.69) is 31.7 Å². The Kier molecular flexibility index (Phi) is 7.64. The smallest absolute Gasteiger partial charge is 0.411 e. The molecule has 1 aliphatic rings. The fourth-order valence-electron chi connectivity index (χ4n) is 4.02. The van der Waals surface area contributed by atoms with E-state index < -0.39 is 11.9 Å². The number of anilines is 3. The molecular weight excluding hydrogens is 513 g/mol. The number of hydrogen-bond acceptors (Lipinski definition) is 10. The summed E-state index contributed by atoms with van der Waals surface area (Å²) in [7, 11) is 0. The first-order valence-electron chi connectivity index (χ1n) is 11.8. The van der Waals surface area contributed by atoms with Crippen molar-refractivity contribution in [1.82, 2.24) is 19.5 Å². The van der Waals surface area contributed by atoms with Gasteiger partial charge in [0.2, 0.25) is 0 Å². The maximum atomic E-state index is 15.0. The van der Waals surface area contributed by atoms with Crippen LogP contribution in [0.2, 0.25) is 0 Å². The van der Waals surface area contributed by atoms with Crippen molar-refractivity contribution in [3.05, 3.63) is 59.1 Å². The van der Waals surface area contributed by atoms with Gasteiger partial charge in [0.1, 0.15) is 24.2 Å². The molecule has 0 unspecified atom stereocenters. The van der Waals surface area contributed by atoms with Crippen molar-refractivity contribution < 1.29 is 23.4 Å². The molecule has 4 aromatic rings. The summed E-state index contributed by atoms with van der Waals surface area (Å²) in [6.45, 7) is 5.58. The lowest BCUT2D eigenvalue weighted by Crippen LogP contribution is -2.38. The number of morpholine rings is 1. The monoisotopic (exact) mass is 537 g/mol. The Morgan fingerprint density at radius 2 is 2.16 bits per heavy atom. The number of benzene rings is 1. The van der Waals surface area contributed by atoms with Crippen LogP contribution < -0.4 is 15.4 Å². The van der Waals surface area contributed by atoms with Gasteiger partial charge in [0.05, 0.1) is 53.7 Å². The predicted octanol–water partition coefficient (Wildman–Crippen LogP) is 4.53. The third-order valence-corrected chi connectivity index (χ3v) is 6.62. The largest absolute Gasteiger partial charge is 0.448 e. The van der Waals surface area contributed by atoms with E-state index in [0.717, 1.165) is 13.1 Å². The second-order valence-corrected chi connectivity index (χ2v) is 9.24. The van der Waals surface area contributed by atoms with Crippen molar-refractivity contribution in [3.8, 4) is 17.0 Å². The van der Waals surface area contributed by atoms with Gasteiger partial charge >= 0.3 is 6.09 Å². The zero-order valence-corrected chi connectivity index (χ0v) is 21.3. The van der Waals surface area contributed by atoms with Crippen LogP contribution in [-0.4, -0.2) is 65.0 Å². The molecule has 0 bridgehead atoms. The number of nitriles is 1. The molecule has 1 aromatic carbocycles. The van der Waals surface area contributed by atoms with Gasteiger partial charge in [-0.05, 0) is 19.1 Å². The Labute approximate surface area is 221 Å². The Hall–Kier alpha value is -4.25. The first-order valence-corrected chi connectivity index (χ1v) is 12.7. The molecule has 196 valence electrons. The van der Waals surface area contributed by atoms with Gasteiger partial charge < -0.3 is 19.5 Å². The van der Waals surface area contributed by atoms with E-state index in [1.54, 1.807) is 30.8 Å². The molecule has 0 aliphatic carbocycles. The molecule has 1 aliphatic heterocycles. The highest BCUT2D eigenvalue weighted by Crippen LogP contribution is 2.34. The Morgan fingerprint density at radius 1 is 1.32 bits per heavy atom. The molecule has 3 aromatic heterocycles. The lowest BCUT2D eigenvalue weighted by Gasteiger charge is -2.26. The summed E-state index contributed by atoms with van der Waals surface area (Å²) < 4.78 is 32.7. The molecule has 0 spiro atoms. The van der Waals surface area contributed by atoms with E-state index in [1.165, 1.54) is 34.2 Å². The highest BCUT2D eigenvalue weighted by molar-refractivity contribution is 7.11. The van der Waals surface area contributed by atoms with Crippen LogP contribution in [0.1, 0.15) is 11.1 Å². The normalized spacial score (nSPS) is 13.7. The van der Waals surface area contributed by atoms with Gasteiger partial charge in [0.25, 0.3) is 5.19 Å². The average Bonchev–Trinajstić information content (AvgIpc) is 3.54. The minimum Gasteiger partial charge on any atom is -0.448 e. The molecule has 0 radical (unpaired) electrons. The number of halogens is 1. The number of aromatic nitrogens is 3. The van der Waals surface area contributed by atoms with Gasteiger partial charge in [0, 0.05) is 42.8 Å². The van der Waals surface area contributed by atoms with Crippen molar-refractivity contribution in [2.45, 2.75) is 6.92 Å². The average molecular weight is 538 g/mol. The Balaban J connectivity index is 1.33. The summed E-state index contributed by atoms with van der Waals surface area (Å²) in [6.07, 6.45) is 3.98. The molecule has 0 atom stereocenters. The molecule has 11 nitrogen and oxygen atoms in total. The fourth-order valence-corrected chi connectivity index (χ4v) is 4.52. The van der Waals surface area contributed by atoms with Gasteiger partial charge in [-0.2, -0.15) is 10.4 Å². The van der Waals surface area contributed by atoms with Crippen LogP contribution in [0.25, 0.3) is 5.52 Å². The number of nitrogens with zero attached hydrogens (tertiary/aromatic N) is 5. The number of hydrogen-bond donors (Lipinski definition) is 2. The standard InChI is InChI=1S/C25H24FN7O4S/c1-16-21(31-24(34)36-10-7-32-5-8-35-9-6-32)15-33-23(16)22(17(13-27)14-29-33)30-20-3-2-18(12-19(20)26)37-25-28-4-11-38-25/h2-4,11-12,14-15,30H,5-10H2,1H3,(H,31,34). The molecule has 1 fully saturated rings. The summed E-state index contributed by atoms with van der Waals surface area (Å²) in [4.78, 5) is 18.6.